The fourth-order valence-electron chi connectivity index (χ4n) is 5.89. The van der Waals surface area contributed by atoms with Gasteiger partial charge in [-0.05, 0) is 74.5 Å². The highest BCUT2D eigenvalue weighted by Crippen LogP contribution is 2.46. The van der Waals surface area contributed by atoms with Crippen molar-refractivity contribution < 1.29 is 9.84 Å². The first kappa shape index (κ1) is 23.9. The summed E-state index contributed by atoms with van der Waals surface area (Å²) in [5.74, 6) is 1.52. The second kappa shape index (κ2) is 11.8. The predicted molar refractivity (Wildman–Crippen MR) is 144 cm³/mol. The molecule has 3 aromatic carbocycles. The number of phenols is 1. The molecule has 0 amide bonds. The molecule has 0 saturated carbocycles. The van der Waals surface area contributed by atoms with Crippen molar-refractivity contribution in [3.63, 3.8) is 0 Å². The molecule has 0 bridgehead atoms. The minimum absolute atomic E-state index is 0.214. The number of nitrogens with zero attached hydrogens (tertiary/aromatic N) is 1. The Bertz CT molecular complexity index is 1060. The molecule has 3 aromatic rings. The molecule has 2 atom stereocenters. The van der Waals surface area contributed by atoms with Crippen LogP contribution in [-0.2, 0) is 6.42 Å². The molecule has 2 aliphatic rings. The van der Waals surface area contributed by atoms with Crippen molar-refractivity contribution in [2.24, 2.45) is 0 Å². The van der Waals surface area contributed by atoms with Gasteiger partial charge in [-0.2, -0.15) is 0 Å². The van der Waals surface area contributed by atoms with Gasteiger partial charge < -0.3 is 14.7 Å². The van der Waals surface area contributed by atoms with Gasteiger partial charge in [0.15, 0.2) is 0 Å². The van der Waals surface area contributed by atoms with Crippen LogP contribution < -0.4 is 4.74 Å². The Kier molecular flexibility index (Phi) is 8.05. The van der Waals surface area contributed by atoms with Crippen LogP contribution in [0.4, 0.5) is 0 Å². The zero-order chi connectivity index (χ0) is 23.9. The van der Waals surface area contributed by atoms with Crippen LogP contribution in [0.5, 0.6) is 11.5 Å². The second-order valence-electron chi connectivity index (χ2n) is 10.3. The van der Waals surface area contributed by atoms with Crippen LogP contribution in [0, 0.1) is 0 Å². The minimum atomic E-state index is 0.214. The fraction of sp³-hybridized carbons (Fsp3) is 0.438. The van der Waals surface area contributed by atoms with Crippen LogP contribution in [0.25, 0.3) is 0 Å². The number of rotatable bonds is 10. The van der Waals surface area contributed by atoms with Crippen LogP contribution >= 0.6 is 0 Å². The monoisotopic (exact) mass is 469 g/mol. The van der Waals surface area contributed by atoms with Crippen LogP contribution in [0.2, 0.25) is 0 Å². The van der Waals surface area contributed by atoms with Crippen molar-refractivity contribution in [2.75, 3.05) is 26.2 Å². The van der Waals surface area contributed by atoms with E-state index >= 15 is 0 Å². The number of phenolic OH excluding ortho intramolecular Hbond substituents is 1. The number of likely N-dealkylation sites (tertiary alicyclic amines) is 1. The van der Waals surface area contributed by atoms with Crippen LogP contribution in [0.1, 0.15) is 79.0 Å². The van der Waals surface area contributed by atoms with Gasteiger partial charge in [0.25, 0.3) is 0 Å². The molecule has 35 heavy (non-hydrogen) atoms. The van der Waals surface area contributed by atoms with E-state index < -0.39 is 0 Å². The number of benzene rings is 3. The van der Waals surface area contributed by atoms with Gasteiger partial charge in [-0.1, -0.05) is 79.9 Å². The lowest BCUT2D eigenvalue weighted by Crippen LogP contribution is -2.25. The first-order valence-electron chi connectivity index (χ1n) is 13.6. The summed E-state index contributed by atoms with van der Waals surface area (Å²) < 4.78 is 6.11. The lowest BCUT2D eigenvalue weighted by molar-refractivity contribution is 0.248. The summed E-state index contributed by atoms with van der Waals surface area (Å²) in [7, 11) is 0. The minimum Gasteiger partial charge on any atom is -0.508 e. The number of ether oxygens (including phenoxy) is 1. The summed E-state index contributed by atoms with van der Waals surface area (Å²) in [5.41, 5.74) is 5.20. The lowest BCUT2D eigenvalue weighted by Gasteiger charge is -2.34. The second-order valence-corrected chi connectivity index (χ2v) is 10.3. The Morgan fingerprint density at radius 2 is 1.51 bits per heavy atom. The third-order valence-corrected chi connectivity index (χ3v) is 7.86. The Morgan fingerprint density at radius 1 is 0.771 bits per heavy atom. The maximum atomic E-state index is 9.98. The molecule has 3 heteroatoms. The number of aromatic hydroxyl groups is 1. The fourth-order valence-corrected chi connectivity index (χ4v) is 5.89. The Morgan fingerprint density at radius 3 is 2.31 bits per heavy atom. The normalized spacial score (nSPS) is 19.9. The first-order chi connectivity index (χ1) is 17.3. The van der Waals surface area contributed by atoms with E-state index in [4.69, 9.17) is 4.74 Å². The highest BCUT2D eigenvalue weighted by Gasteiger charge is 2.33. The van der Waals surface area contributed by atoms with E-state index in [1.54, 1.807) is 12.1 Å². The number of hydrogen-bond acceptors (Lipinski definition) is 3. The van der Waals surface area contributed by atoms with Gasteiger partial charge in [0.2, 0.25) is 0 Å². The molecule has 0 spiro atoms. The molecule has 0 radical (unpaired) electrons. The predicted octanol–water partition coefficient (Wildman–Crippen LogP) is 7.29. The molecule has 0 aliphatic carbocycles. The van der Waals surface area contributed by atoms with Crippen LogP contribution in [0.15, 0.2) is 72.8 Å². The van der Waals surface area contributed by atoms with Crippen molar-refractivity contribution in [2.45, 2.75) is 63.2 Å². The third kappa shape index (κ3) is 6.08. The van der Waals surface area contributed by atoms with Gasteiger partial charge in [-0.3, -0.25) is 0 Å². The zero-order valence-corrected chi connectivity index (χ0v) is 20.9. The van der Waals surface area contributed by atoms with Gasteiger partial charge in [-0.15, -0.1) is 0 Å². The maximum absolute atomic E-state index is 9.98. The SMILES string of the molecule is Oc1ccc2c(c1)OC[C@@H](c1ccccc1)[C@H]2c1ccc(CCCCCCCN2CCCC2)cc1. The standard InChI is InChI=1S/C32H39NO2/c34-28-18-19-29-31(23-28)35-24-30(26-12-6-4-7-13-26)32(29)27-16-14-25(15-17-27)11-5-2-1-3-8-20-33-21-9-10-22-33/h4,6-7,12-19,23,30,32,34H,1-3,5,8-11,20-22,24H2/t30-,32-/m0/s1. The topological polar surface area (TPSA) is 32.7 Å². The smallest absolute Gasteiger partial charge is 0.126 e. The summed E-state index contributed by atoms with van der Waals surface area (Å²) in [4.78, 5) is 2.63. The molecular weight excluding hydrogens is 430 g/mol. The number of hydrogen-bond donors (Lipinski definition) is 1. The Hall–Kier alpha value is -2.78. The van der Waals surface area contributed by atoms with E-state index in [1.165, 1.54) is 81.3 Å². The Balaban J connectivity index is 1.19. The molecular formula is C32H39NO2. The van der Waals surface area contributed by atoms with Gasteiger partial charge in [0.1, 0.15) is 11.5 Å². The van der Waals surface area contributed by atoms with Crippen molar-refractivity contribution in [3.8, 4) is 11.5 Å². The van der Waals surface area contributed by atoms with E-state index in [-0.39, 0.29) is 17.6 Å². The molecule has 2 aliphatic heterocycles. The number of aryl methyl sites for hydroxylation is 1. The average Bonchev–Trinajstić information content (AvgIpc) is 3.42. The third-order valence-electron chi connectivity index (χ3n) is 7.86. The average molecular weight is 470 g/mol. The van der Waals surface area contributed by atoms with E-state index in [2.05, 4.69) is 59.5 Å². The van der Waals surface area contributed by atoms with Gasteiger partial charge in [0.05, 0.1) is 6.61 Å². The van der Waals surface area contributed by atoms with Crippen LogP contribution in [0.3, 0.4) is 0 Å². The Labute approximate surface area is 210 Å². The lowest BCUT2D eigenvalue weighted by atomic mass is 9.75. The highest BCUT2D eigenvalue weighted by atomic mass is 16.5. The summed E-state index contributed by atoms with van der Waals surface area (Å²) in [5, 5.41) is 9.98. The molecule has 1 N–H and O–H groups in total. The summed E-state index contributed by atoms with van der Waals surface area (Å²) in [6.45, 7) is 4.57. The van der Waals surface area contributed by atoms with E-state index in [0.717, 1.165) is 17.7 Å². The maximum Gasteiger partial charge on any atom is 0.126 e. The van der Waals surface area contributed by atoms with E-state index in [0.29, 0.717) is 6.61 Å². The summed E-state index contributed by atoms with van der Waals surface area (Å²) in [6, 6.07) is 25.5. The number of unbranched alkanes of at least 4 members (excludes halogenated alkanes) is 4. The van der Waals surface area contributed by atoms with Crippen molar-refractivity contribution in [3.05, 3.63) is 95.1 Å². The molecule has 2 heterocycles. The number of fused-ring (bicyclic) bond motifs is 1. The molecule has 0 aromatic heterocycles. The molecule has 1 saturated heterocycles. The van der Waals surface area contributed by atoms with E-state index in [9.17, 15) is 5.11 Å². The van der Waals surface area contributed by atoms with Gasteiger partial charge >= 0.3 is 0 Å². The van der Waals surface area contributed by atoms with Crippen LogP contribution in [-0.4, -0.2) is 36.2 Å². The first-order valence-corrected chi connectivity index (χ1v) is 13.6. The molecule has 184 valence electrons. The van der Waals surface area contributed by atoms with Crippen molar-refractivity contribution >= 4 is 0 Å². The largest absolute Gasteiger partial charge is 0.508 e. The molecule has 0 unspecified atom stereocenters. The molecule has 1 fully saturated rings. The molecule has 3 nitrogen and oxygen atoms in total. The van der Waals surface area contributed by atoms with Gasteiger partial charge in [0, 0.05) is 23.5 Å². The quantitative estimate of drug-likeness (QED) is 0.317. The molecule has 5 rings (SSSR count). The van der Waals surface area contributed by atoms with E-state index in [1.807, 2.05) is 6.07 Å². The van der Waals surface area contributed by atoms with Crippen molar-refractivity contribution in [1.29, 1.82) is 0 Å². The highest BCUT2D eigenvalue weighted by molar-refractivity contribution is 5.50. The summed E-state index contributed by atoms with van der Waals surface area (Å²) >= 11 is 0. The summed E-state index contributed by atoms with van der Waals surface area (Å²) in [6.07, 6.45) is 10.6. The van der Waals surface area contributed by atoms with Crippen molar-refractivity contribution in [1.82, 2.24) is 4.90 Å². The van der Waals surface area contributed by atoms with Gasteiger partial charge in [-0.25, -0.2) is 0 Å². The zero-order valence-electron chi connectivity index (χ0n) is 20.9.